The van der Waals surface area contributed by atoms with E-state index in [1.54, 1.807) is 10.7 Å². The lowest BCUT2D eigenvalue weighted by molar-refractivity contribution is 0.0996. The van der Waals surface area contributed by atoms with Gasteiger partial charge in [-0.1, -0.05) is 26.0 Å². The molecule has 0 spiro atoms. The fourth-order valence-corrected chi connectivity index (χ4v) is 4.51. The molecule has 1 saturated carbocycles. The molecule has 2 aliphatic carbocycles. The molecule has 0 bridgehead atoms. The number of benzene rings is 1. The van der Waals surface area contributed by atoms with E-state index in [0.717, 1.165) is 36.2 Å². The lowest BCUT2D eigenvalue weighted by Crippen LogP contribution is -2.29. The van der Waals surface area contributed by atoms with E-state index in [2.05, 4.69) is 36.4 Å². The van der Waals surface area contributed by atoms with Crippen LogP contribution in [-0.4, -0.2) is 32.9 Å². The van der Waals surface area contributed by atoms with Crippen LogP contribution in [0.3, 0.4) is 0 Å². The van der Waals surface area contributed by atoms with Gasteiger partial charge in [0, 0.05) is 17.7 Å². The van der Waals surface area contributed by atoms with Crippen molar-refractivity contribution in [2.75, 3.05) is 5.32 Å². The van der Waals surface area contributed by atoms with Gasteiger partial charge >= 0.3 is 0 Å². The van der Waals surface area contributed by atoms with E-state index in [9.17, 15) is 9.90 Å². The van der Waals surface area contributed by atoms with Crippen LogP contribution in [0.1, 0.15) is 66.8 Å². The number of nitrogens with zero attached hydrogens (tertiary/aromatic N) is 2. The third-order valence-corrected chi connectivity index (χ3v) is 6.15. The zero-order valence-electron chi connectivity index (χ0n) is 17.7. The van der Waals surface area contributed by atoms with Gasteiger partial charge in [0.25, 0.3) is 5.91 Å². The Labute approximate surface area is 176 Å². The summed E-state index contributed by atoms with van der Waals surface area (Å²) in [5, 5.41) is 17.7. The molecule has 160 valence electrons. The number of halogens is 1. The zero-order chi connectivity index (χ0) is 21.6. The quantitative estimate of drug-likeness (QED) is 0.713. The number of aliphatic hydroxyl groups is 1. The predicted molar refractivity (Wildman–Crippen MR) is 115 cm³/mol. The molecule has 1 aromatic heterocycles. The summed E-state index contributed by atoms with van der Waals surface area (Å²) in [7, 11) is 0. The number of carbonyl (C=O) groups excluding carboxylic acids is 1. The average molecular weight is 413 g/mol. The molecule has 7 heteroatoms. The maximum absolute atomic E-state index is 15.0. The number of hydrogen-bond donors (Lipinski definition) is 3. The number of nitrogens with two attached hydrogens (primary N) is 1. The highest BCUT2D eigenvalue weighted by Crippen LogP contribution is 2.35. The van der Waals surface area contributed by atoms with Crippen molar-refractivity contribution in [2.45, 2.75) is 65.0 Å². The first-order valence-corrected chi connectivity index (χ1v) is 10.5. The van der Waals surface area contributed by atoms with E-state index in [1.165, 1.54) is 6.07 Å². The minimum atomic E-state index is -0.805. The second-order valence-corrected chi connectivity index (χ2v) is 9.22. The largest absolute Gasteiger partial charge is 0.393 e. The molecule has 1 fully saturated rings. The third kappa shape index (κ3) is 3.86. The monoisotopic (exact) mass is 412 g/mol. The van der Waals surface area contributed by atoms with E-state index in [-0.39, 0.29) is 23.1 Å². The molecule has 0 saturated heterocycles. The normalized spacial score (nSPS) is 22.6. The second kappa shape index (κ2) is 7.54. The fraction of sp³-hybridized carbons (Fsp3) is 0.478. The van der Waals surface area contributed by atoms with Crippen LogP contribution in [0.25, 0.3) is 11.8 Å². The number of aromatic nitrogens is 2. The van der Waals surface area contributed by atoms with Crippen LogP contribution in [0.5, 0.6) is 0 Å². The van der Waals surface area contributed by atoms with E-state index < -0.39 is 11.7 Å². The molecule has 6 nitrogen and oxygen atoms in total. The summed E-state index contributed by atoms with van der Waals surface area (Å²) >= 11 is 0. The highest BCUT2D eigenvalue weighted by Gasteiger charge is 2.28. The minimum Gasteiger partial charge on any atom is -0.393 e. The van der Waals surface area contributed by atoms with Gasteiger partial charge in [-0.05, 0) is 50.5 Å². The molecule has 2 aromatic rings. The first-order chi connectivity index (χ1) is 14.1. The van der Waals surface area contributed by atoms with E-state index in [0.29, 0.717) is 24.2 Å². The van der Waals surface area contributed by atoms with Gasteiger partial charge in [0.1, 0.15) is 5.82 Å². The number of aliphatic hydroxyl groups excluding tert-OH is 1. The summed E-state index contributed by atoms with van der Waals surface area (Å²) in [6.45, 7) is 6.25. The summed E-state index contributed by atoms with van der Waals surface area (Å²) in [4.78, 5) is 12.0. The number of anilines is 1. The number of nitrogens with one attached hydrogen (secondary N) is 1. The van der Waals surface area contributed by atoms with E-state index in [4.69, 9.17) is 5.73 Å². The van der Waals surface area contributed by atoms with Gasteiger partial charge in [-0.15, -0.1) is 0 Å². The summed E-state index contributed by atoms with van der Waals surface area (Å²) in [5.74, 6) is -1.47. The number of aryl methyl sites for hydroxylation is 1. The summed E-state index contributed by atoms with van der Waals surface area (Å²) < 4.78 is 16.8. The van der Waals surface area contributed by atoms with Crippen LogP contribution in [-0.2, 0) is 6.42 Å². The van der Waals surface area contributed by atoms with Crippen molar-refractivity contribution in [3.05, 3.63) is 46.5 Å². The number of carbonyl (C=O) groups is 1. The maximum Gasteiger partial charge on any atom is 0.253 e. The van der Waals surface area contributed by atoms with E-state index in [1.807, 2.05) is 6.92 Å². The van der Waals surface area contributed by atoms with Gasteiger partial charge in [-0.2, -0.15) is 5.10 Å². The smallest absolute Gasteiger partial charge is 0.253 e. The summed E-state index contributed by atoms with van der Waals surface area (Å²) in [6.07, 6.45) is 7.60. The second-order valence-electron chi connectivity index (χ2n) is 9.22. The molecule has 1 amide bonds. The highest BCUT2D eigenvalue weighted by atomic mass is 19.1. The molecule has 0 atom stereocenters. The average Bonchev–Trinajstić information content (AvgIpc) is 2.97. The van der Waals surface area contributed by atoms with Crippen LogP contribution in [0.4, 0.5) is 10.1 Å². The lowest BCUT2D eigenvalue weighted by atomic mass is 9.82. The topological polar surface area (TPSA) is 93.2 Å². The molecular weight excluding hydrogens is 383 g/mol. The Morgan fingerprint density at radius 1 is 1.30 bits per heavy atom. The van der Waals surface area contributed by atoms with Crippen molar-refractivity contribution in [1.82, 2.24) is 9.78 Å². The minimum absolute atomic E-state index is 0.0209. The van der Waals surface area contributed by atoms with Gasteiger partial charge in [0.05, 0.1) is 34.4 Å². The fourth-order valence-electron chi connectivity index (χ4n) is 4.51. The van der Waals surface area contributed by atoms with Crippen LogP contribution in [0, 0.1) is 18.2 Å². The Morgan fingerprint density at radius 3 is 2.67 bits per heavy atom. The SMILES string of the molecule is Cc1nn(-c2cc(F)c(C(N)=O)c(N[C@H]3CC[C@H](O)CC3)c2)c2c1C=CC(C)(C)C2. The Morgan fingerprint density at radius 2 is 2.00 bits per heavy atom. The van der Waals surface area contributed by atoms with Crippen molar-refractivity contribution in [3.63, 3.8) is 0 Å². The molecule has 4 N–H and O–H groups in total. The maximum atomic E-state index is 15.0. The molecule has 30 heavy (non-hydrogen) atoms. The summed E-state index contributed by atoms with van der Waals surface area (Å²) in [5.41, 5.74) is 9.24. The van der Waals surface area contributed by atoms with Crippen molar-refractivity contribution in [1.29, 1.82) is 0 Å². The van der Waals surface area contributed by atoms with Crippen LogP contribution >= 0.6 is 0 Å². The Kier molecular flexibility index (Phi) is 5.18. The van der Waals surface area contributed by atoms with Gasteiger partial charge < -0.3 is 16.2 Å². The molecule has 1 heterocycles. The Hall–Kier alpha value is -2.67. The van der Waals surface area contributed by atoms with Gasteiger partial charge in [-0.3, -0.25) is 4.79 Å². The third-order valence-electron chi connectivity index (χ3n) is 6.15. The van der Waals surface area contributed by atoms with Gasteiger partial charge in [0.2, 0.25) is 0 Å². The molecule has 4 rings (SSSR count). The van der Waals surface area contributed by atoms with Crippen LogP contribution < -0.4 is 11.1 Å². The van der Waals surface area contributed by atoms with Crippen molar-refractivity contribution in [3.8, 4) is 5.69 Å². The number of amides is 1. The molecular formula is C23H29FN4O2. The number of primary amides is 1. The molecule has 0 unspecified atom stereocenters. The molecule has 2 aliphatic rings. The molecule has 1 aromatic carbocycles. The number of rotatable bonds is 4. The van der Waals surface area contributed by atoms with Crippen molar-refractivity contribution < 1.29 is 14.3 Å². The Balaban J connectivity index is 1.77. The Bertz CT molecular complexity index is 1020. The van der Waals surface area contributed by atoms with Gasteiger partial charge in [0.15, 0.2) is 0 Å². The van der Waals surface area contributed by atoms with Crippen LogP contribution in [0.15, 0.2) is 18.2 Å². The predicted octanol–water partition coefficient (Wildman–Crippen LogP) is 3.73. The highest BCUT2D eigenvalue weighted by molar-refractivity contribution is 5.99. The molecule has 0 radical (unpaired) electrons. The molecule has 0 aliphatic heterocycles. The first kappa shape index (κ1) is 20.6. The summed E-state index contributed by atoms with van der Waals surface area (Å²) in [6, 6.07) is 3.14. The van der Waals surface area contributed by atoms with Crippen LogP contribution in [0.2, 0.25) is 0 Å². The van der Waals surface area contributed by atoms with E-state index >= 15 is 4.39 Å². The lowest BCUT2D eigenvalue weighted by Gasteiger charge is -2.28. The standard InChI is InChI=1S/C23H29FN4O2/c1-13-17-8-9-23(2,3)12-20(17)28(27-13)15-10-18(24)21(22(25)30)19(11-15)26-14-4-6-16(29)7-5-14/h8-11,14,16,26,29H,4-7,12H2,1-3H3,(H2,25,30)/t14-,16-. The number of hydrogen-bond acceptors (Lipinski definition) is 4. The van der Waals surface area contributed by atoms with Crippen molar-refractivity contribution >= 4 is 17.7 Å². The first-order valence-electron chi connectivity index (χ1n) is 10.5. The number of fused-ring (bicyclic) bond motifs is 1. The van der Waals surface area contributed by atoms with Crippen molar-refractivity contribution in [2.24, 2.45) is 11.1 Å². The van der Waals surface area contributed by atoms with Gasteiger partial charge in [-0.25, -0.2) is 9.07 Å². The zero-order valence-corrected chi connectivity index (χ0v) is 17.7. The number of allylic oxidation sites excluding steroid dienone is 1.